The first kappa shape index (κ1) is 15.5. The molecule has 3 heteroatoms. The molecule has 106 valence electrons. The van der Waals surface area contributed by atoms with Gasteiger partial charge < -0.3 is 9.64 Å². The second-order valence-corrected chi connectivity index (χ2v) is 5.38. The molecule has 0 atom stereocenters. The quantitative estimate of drug-likeness (QED) is 0.556. The molecular weight excluding hydrogens is 224 g/mol. The van der Waals surface area contributed by atoms with E-state index < -0.39 is 0 Å². The van der Waals surface area contributed by atoms with Crippen LogP contribution in [0.4, 0.5) is 0 Å². The third-order valence-corrected chi connectivity index (χ3v) is 4.22. The first-order valence-electron chi connectivity index (χ1n) is 7.58. The van der Waals surface area contributed by atoms with Crippen LogP contribution in [-0.2, 0) is 4.74 Å². The van der Waals surface area contributed by atoms with Crippen LogP contribution in [0.1, 0.15) is 58.8 Å². The van der Waals surface area contributed by atoms with Crippen LogP contribution >= 0.6 is 0 Å². The van der Waals surface area contributed by atoms with E-state index in [0.29, 0.717) is 12.0 Å². The van der Waals surface area contributed by atoms with Gasteiger partial charge >= 0.3 is 0 Å². The van der Waals surface area contributed by atoms with Crippen LogP contribution in [0.2, 0.25) is 0 Å². The summed E-state index contributed by atoms with van der Waals surface area (Å²) < 4.78 is 5.21. The Balaban J connectivity index is 2.63. The van der Waals surface area contributed by atoms with Gasteiger partial charge in [-0.25, -0.2) is 0 Å². The van der Waals surface area contributed by atoms with Crippen LogP contribution in [0, 0.1) is 11.3 Å². The molecule has 0 aromatic carbocycles. The molecule has 1 N–H and O–H groups in total. The summed E-state index contributed by atoms with van der Waals surface area (Å²) in [5.41, 5.74) is 0. The molecule has 0 unspecified atom stereocenters. The maximum atomic E-state index is 8.53. The minimum Gasteiger partial charge on any atom is -0.383 e. The standard InChI is InChI=1S/C15H30N2O/c1-4-14(5-2)17(11-12-18-3)15(16)13-9-7-6-8-10-13/h13-14,16H,4-12H2,1-3H3. The van der Waals surface area contributed by atoms with E-state index in [9.17, 15) is 0 Å². The molecule has 1 aliphatic carbocycles. The Hall–Kier alpha value is -0.570. The summed E-state index contributed by atoms with van der Waals surface area (Å²) >= 11 is 0. The molecule has 1 rings (SSSR count). The smallest absolute Gasteiger partial charge is 0.0992 e. The van der Waals surface area contributed by atoms with Crippen molar-refractivity contribution in [1.29, 1.82) is 5.41 Å². The zero-order valence-corrected chi connectivity index (χ0v) is 12.4. The van der Waals surface area contributed by atoms with Crippen molar-refractivity contribution in [1.82, 2.24) is 4.90 Å². The van der Waals surface area contributed by atoms with Crippen molar-refractivity contribution in [3.63, 3.8) is 0 Å². The predicted octanol–water partition coefficient (Wildman–Crippen LogP) is 3.68. The SMILES string of the molecule is CCC(CC)N(CCOC)C(=N)C1CCCCC1. The molecule has 3 nitrogen and oxygen atoms in total. The minimum absolute atomic E-state index is 0.496. The van der Waals surface area contributed by atoms with Crippen molar-refractivity contribution in [2.45, 2.75) is 64.8 Å². The number of hydrogen-bond acceptors (Lipinski definition) is 2. The fourth-order valence-corrected chi connectivity index (χ4v) is 3.03. The van der Waals surface area contributed by atoms with Crippen molar-refractivity contribution < 1.29 is 4.74 Å². The van der Waals surface area contributed by atoms with Crippen molar-refractivity contribution in [2.24, 2.45) is 5.92 Å². The summed E-state index contributed by atoms with van der Waals surface area (Å²) in [5.74, 6) is 1.37. The van der Waals surface area contributed by atoms with Gasteiger partial charge in [-0.05, 0) is 25.7 Å². The van der Waals surface area contributed by atoms with E-state index in [-0.39, 0.29) is 0 Å². The highest BCUT2D eigenvalue weighted by Gasteiger charge is 2.25. The molecule has 0 aromatic heterocycles. The molecule has 0 spiro atoms. The Kier molecular flexibility index (Phi) is 7.33. The van der Waals surface area contributed by atoms with Crippen LogP contribution in [0.5, 0.6) is 0 Å². The molecule has 1 saturated carbocycles. The van der Waals surface area contributed by atoms with E-state index in [1.807, 2.05) is 0 Å². The van der Waals surface area contributed by atoms with Crippen LogP contribution in [0.15, 0.2) is 0 Å². The number of amidine groups is 1. The third-order valence-electron chi connectivity index (χ3n) is 4.22. The summed E-state index contributed by atoms with van der Waals surface area (Å²) in [6.45, 7) is 6.05. The number of hydrogen-bond donors (Lipinski definition) is 1. The first-order valence-corrected chi connectivity index (χ1v) is 7.58. The number of methoxy groups -OCH3 is 1. The van der Waals surface area contributed by atoms with Gasteiger partial charge in [-0.2, -0.15) is 0 Å². The topological polar surface area (TPSA) is 36.3 Å². The lowest BCUT2D eigenvalue weighted by Crippen LogP contribution is -2.44. The maximum Gasteiger partial charge on any atom is 0.0992 e. The first-order chi connectivity index (χ1) is 8.74. The van der Waals surface area contributed by atoms with Gasteiger partial charge in [0, 0.05) is 25.6 Å². The van der Waals surface area contributed by atoms with E-state index in [0.717, 1.165) is 31.8 Å². The van der Waals surface area contributed by atoms with Crippen molar-refractivity contribution in [3.8, 4) is 0 Å². The van der Waals surface area contributed by atoms with Crippen LogP contribution in [0.3, 0.4) is 0 Å². The predicted molar refractivity (Wildman–Crippen MR) is 77.3 cm³/mol. The van der Waals surface area contributed by atoms with Crippen molar-refractivity contribution in [2.75, 3.05) is 20.3 Å². The maximum absolute atomic E-state index is 8.53. The third kappa shape index (κ3) is 4.27. The molecule has 0 amide bonds. The molecule has 0 aliphatic heterocycles. The molecule has 1 aliphatic rings. The van der Waals surface area contributed by atoms with Gasteiger partial charge in [-0.3, -0.25) is 5.41 Å². The van der Waals surface area contributed by atoms with E-state index in [1.165, 1.54) is 32.1 Å². The fourth-order valence-electron chi connectivity index (χ4n) is 3.03. The molecule has 0 radical (unpaired) electrons. The van der Waals surface area contributed by atoms with Crippen LogP contribution in [0.25, 0.3) is 0 Å². The van der Waals surface area contributed by atoms with Gasteiger partial charge in [0.25, 0.3) is 0 Å². The number of nitrogens with zero attached hydrogens (tertiary/aromatic N) is 1. The summed E-state index contributed by atoms with van der Waals surface area (Å²) in [6, 6.07) is 0.509. The van der Waals surface area contributed by atoms with E-state index >= 15 is 0 Å². The zero-order valence-electron chi connectivity index (χ0n) is 12.4. The Morgan fingerprint density at radius 2 is 1.83 bits per heavy atom. The molecule has 0 saturated heterocycles. The Labute approximate surface area is 112 Å². The summed E-state index contributed by atoms with van der Waals surface area (Å²) in [6.07, 6.45) is 8.62. The van der Waals surface area contributed by atoms with E-state index in [1.54, 1.807) is 7.11 Å². The summed E-state index contributed by atoms with van der Waals surface area (Å²) in [4.78, 5) is 2.31. The molecule has 0 heterocycles. The second kappa shape index (κ2) is 8.52. The second-order valence-electron chi connectivity index (χ2n) is 5.38. The van der Waals surface area contributed by atoms with Gasteiger partial charge in [0.05, 0.1) is 12.4 Å². The Bertz CT molecular complexity index is 233. The number of nitrogens with one attached hydrogen (secondary N) is 1. The largest absolute Gasteiger partial charge is 0.383 e. The average molecular weight is 254 g/mol. The Morgan fingerprint density at radius 1 is 1.22 bits per heavy atom. The fraction of sp³-hybridized carbons (Fsp3) is 0.933. The molecule has 0 aromatic rings. The lowest BCUT2D eigenvalue weighted by Gasteiger charge is -2.37. The van der Waals surface area contributed by atoms with E-state index in [2.05, 4.69) is 18.7 Å². The van der Waals surface area contributed by atoms with Gasteiger partial charge in [-0.15, -0.1) is 0 Å². The highest BCUT2D eigenvalue weighted by Crippen LogP contribution is 2.27. The van der Waals surface area contributed by atoms with Crippen molar-refractivity contribution >= 4 is 5.84 Å². The lowest BCUT2D eigenvalue weighted by atomic mass is 9.87. The number of rotatable bonds is 7. The van der Waals surface area contributed by atoms with Crippen molar-refractivity contribution in [3.05, 3.63) is 0 Å². The molecule has 18 heavy (non-hydrogen) atoms. The molecule has 0 bridgehead atoms. The number of ether oxygens (including phenoxy) is 1. The summed E-state index contributed by atoms with van der Waals surface area (Å²) in [5, 5.41) is 8.53. The normalized spacial score (nSPS) is 17.1. The molecular formula is C15H30N2O. The molecule has 1 fully saturated rings. The van der Waals surface area contributed by atoms with Gasteiger partial charge in [0.15, 0.2) is 0 Å². The lowest BCUT2D eigenvalue weighted by molar-refractivity contribution is 0.153. The van der Waals surface area contributed by atoms with Gasteiger partial charge in [0.1, 0.15) is 0 Å². The minimum atomic E-state index is 0.496. The highest BCUT2D eigenvalue weighted by molar-refractivity contribution is 5.82. The van der Waals surface area contributed by atoms with E-state index in [4.69, 9.17) is 10.1 Å². The Morgan fingerprint density at radius 3 is 2.33 bits per heavy atom. The van der Waals surface area contributed by atoms with Crippen LogP contribution < -0.4 is 0 Å². The zero-order chi connectivity index (χ0) is 13.4. The van der Waals surface area contributed by atoms with Gasteiger partial charge in [0.2, 0.25) is 0 Å². The monoisotopic (exact) mass is 254 g/mol. The average Bonchev–Trinajstić information content (AvgIpc) is 2.43. The van der Waals surface area contributed by atoms with Crippen LogP contribution in [-0.4, -0.2) is 37.0 Å². The summed E-state index contributed by atoms with van der Waals surface area (Å²) in [7, 11) is 1.75. The highest BCUT2D eigenvalue weighted by atomic mass is 16.5. The van der Waals surface area contributed by atoms with Gasteiger partial charge in [-0.1, -0.05) is 33.1 Å².